The molecule has 0 bridgehead atoms. The van der Waals surface area contributed by atoms with Gasteiger partial charge in [-0.2, -0.15) is 16.9 Å². The molecule has 1 aromatic carbocycles. The van der Waals surface area contributed by atoms with Crippen LogP contribution in [0.1, 0.15) is 35.7 Å². The molecular formula is C18H21N3O3S2. The van der Waals surface area contributed by atoms with Crippen LogP contribution in [0.3, 0.4) is 0 Å². The quantitative estimate of drug-likeness (QED) is 0.847. The average molecular weight is 392 g/mol. The average Bonchev–Trinajstić information content (AvgIpc) is 3.30. The zero-order chi connectivity index (χ0) is 18.1. The zero-order valence-electron chi connectivity index (χ0n) is 14.3. The molecule has 8 heteroatoms. The van der Waals surface area contributed by atoms with Gasteiger partial charge in [0.2, 0.25) is 5.91 Å². The Kier molecular flexibility index (Phi) is 4.79. The maximum atomic E-state index is 12.5. The van der Waals surface area contributed by atoms with Crippen LogP contribution in [-0.4, -0.2) is 35.6 Å². The largest absolute Gasteiger partial charge is 0.311 e. The number of aromatic nitrogens is 2. The molecule has 1 atom stereocenters. The second kappa shape index (κ2) is 7.08. The van der Waals surface area contributed by atoms with Crippen molar-refractivity contribution in [1.82, 2.24) is 9.78 Å². The summed E-state index contributed by atoms with van der Waals surface area (Å²) in [5.41, 5.74) is 3.14. The maximum absolute atomic E-state index is 12.5. The fraction of sp³-hybridized carbons (Fsp3) is 0.444. The van der Waals surface area contributed by atoms with E-state index in [1.165, 1.54) is 0 Å². The molecule has 3 heterocycles. The second-order valence-corrected chi connectivity index (χ2v) is 10.0. The molecule has 4 rings (SSSR count). The van der Waals surface area contributed by atoms with Gasteiger partial charge in [-0.05, 0) is 18.4 Å². The predicted molar refractivity (Wildman–Crippen MR) is 103 cm³/mol. The number of carbonyl (C=O) groups is 1. The summed E-state index contributed by atoms with van der Waals surface area (Å²) in [6, 6.07) is 9.73. The van der Waals surface area contributed by atoms with Gasteiger partial charge in [-0.3, -0.25) is 4.79 Å². The fourth-order valence-electron chi connectivity index (χ4n) is 3.50. The highest BCUT2D eigenvalue weighted by Gasteiger charge is 2.34. The number of amides is 1. The van der Waals surface area contributed by atoms with Gasteiger partial charge in [0, 0.05) is 23.5 Å². The molecule has 6 nitrogen and oxygen atoms in total. The third kappa shape index (κ3) is 3.66. The lowest BCUT2D eigenvalue weighted by atomic mass is 10.1. The van der Waals surface area contributed by atoms with Gasteiger partial charge in [-0.1, -0.05) is 30.3 Å². The van der Waals surface area contributed by atoms with Crippen molar-refractivity contribution in [1.29, 1.82) is 0 Å². The minimum absolute atomic E-state index is 0.0597. The van der Waals surface area contributed by atoms with Gasteiger partial charge in [0.15, 0.2) is 9.84 Å². The number of rotatable bonds is 5. The molecule has 2 aliphatic rings. The van der Waals surface area contributed by atoms with Crippen molar-refractivity contribution in [2.24, 2.45) is 0 Å². The molecule has 1 amide bonds. The molecule has 0 aliphatic carbocycles. The van der Waals surface area contributed by atoms with E-state index in [1.54, 1.807) is 16.4 Å². The van der Waals surface area contributed by atoms with Crippen LogP contribution < -0.4 is 5.32 Å². The Balaban J connectivity index is 1.51. The number of hydrogen-bond donors (Lipinski definition) is 1. The summed E-state index contributed by atoms with van der Waals surface area (Å²) in [6.45, 7) is 0. The van der Waals surface area contributed by atoms with E-state index in [0.717, 1.165) is 28.3 Å². The lowest BCUT2D eigenvalue weighted by molar-refractivity contribution is -0.116. The van der Waals surface area contributed by atoms with Crippen molar-refractivity contribution in [2.75, 3.05) is 16.8 Å². The number of nitrogens with zero attached hydrogens (tertiary/aromatic N) is 2. The van der Waals surface area contributed by atoms with Crippen LogP contribution in [0, 0.1) is 0 Å². The van der Waals surface area contributed by atoms with E-state index >= 15 is 0 Å². The highest BCUT2D eigenvalue weighted by atomic mass is 32.2. The van der Waals surface area contributed by atoms with Gasteiger partial charge in [-0.25, -0.2) is 13.1 Å². The summed E-state index contributed by atoms with van der Waals surface area (Å²) in [5, 5.41) is 7.65. The molecule has 138 valence electrons. The van der Waals surface area contributed by atoms with E-state index in [4.69, 9.17) is 0 Å². The minimum Gasteiger partial charge on any atom is -0.311 e. The third-order valence-corrected chi connectivity index (χ3v) is 7.59. The molecule has 1 aromatic heterocycles. The number of anilines is 1. The predicted octanol–water partition coefficient (Wildman–Crippen LogP) is 2.56. The molecule has 2 aliphatic heterocycles. The summed E-state index contributed by atoms with van der Waals surface area (Å²) < 4.78 is 25.5. The van der Waals surface area contributed by atoms with Crippen LogP contribution in [-0.2, 0) is 32.6 Å². The zero-order valence-corrected chi connectivity index (χ0v) is 16.0. The fourth-order valence-corrected chi connectivity index (χ4v) is 6.22. The molecule has 1 saturated heterocycles. The smallest absolute Gasteiger partial charge is 0.225 e. The molecule has 0 saturated carbocycles. The van der Waals surface area contributed by atoms with E-state index in [1.807, 2.05) is 30.3 Å². The van der Waals surface area contributed by atoms with Gasteiger partial charge >= 0.3 is 0 Å². The Hall–Kier alpha value is -1.80. The summed E-state index contributed by atoms with van der Waals surface area (Å²) in [6.07, 6.45) is 1.62. The van der Waals surface area contributed by atoms with Gasteiger partial charge < -0.3 is 5.32 Å². The first-order valence-corrected chi connectivity index (χ1v) is 11.7. The van der Waals surface area contributed by atoms with Crippen LogP contribution in [0.25, 0.3) is 0 Å². The number of carbonyl (C=O) groups excluding carboxylic acids is 1. The normalized spacial score (nSPS) is 20.8. The van der Waals surface area contributed by atoms with E-state index in [2.05, 4.69) is 10.4 Å². The van der Waals surface area contributed by atoms with Crippen molar-refractivity contribution in [3.8, 4) is 0 Å². The number of thioether (sulfide) groups is 1. The van der Waals surface area contributed by atoms with Crippen molar-refractivity contribution in [3.05, 3.63) is 47.2 Å². The maximum Gasteiger partial charge on any atom is 0.225 e. The number of nitrogens with one attached hydrogen (secondary N) is 1. The number of hydrogen-bond acceptors (Lipinski definition) is 5. The van der Waals surface area contributed by atoms with Crippen molar-refractivity contribution < 1.29 is 13.2 Å². The van der Waals surface area contributed by atoms with Crippen LogP contribution in [0.15, 0.2) is 30.3 Å². The van der Waals surface area contributed by atoms with Crippen LogP contribution in [0.5, 0.6) is 0 Å². The molecule has 0 spiro atoms. The van der Waals surface area contributed by atoms with Crippen molar-refractivity contribution in [2.45, 2.75) is 36.8 Å². The van der Waals surface area contributed by atoms with E-state index < -0.39 is 9.84 Å². The summed E-state index contributed by atoms with van der Waals surface area (Å²) in [4.78, 5) is 12.5. The first kappa shape index (κ1) is 17.6. The number of aryl methyl sites for hydroxylation is 1. The van der Waals surface area contributed by atoms with E-state index in [9.17, 15) is 13.2 Å². The molecule has 26 heavy (non-hydrogen) atoms. The lowest BCUT2D eigenvalue weighted by Gasteiger charge is -2.15. The van der Waals surface area contributed by atoms with Crippen LogP contribution >= 0.6 is 11.8 Å². The Morgan fingerprint density at radius 3 is 2.81 bits per heavy atom. The van der Waals surface area contributed by atoms with Crippen molar-refractivity contribution >= 4 is 33.3 Å². The number of fused-ring (bicyclic) bond motifs is 1. The standard InChI is InChI=1S/C18H21N3O3S2/c22-17(7-6-13-4-2-1-3-5-13)19-18-15-10-25-11-16(15)20-21(18)14-8-9-26(23,24)12-14/h1-5,14H,6-12H2,(H,19,22). The summed E-state index contributed by atoms with van der Waals surface area (Å²) in [7, 11) is -3.01. The number of sulfone groups is 1. The molecule has 1 N–H and O–H groups in total. The minimum atomic E-state index is -3.01. The molecule has 2 aromatic rings. The highest BCUT2D eigenvalue weighted by molar-refractivity contribution is 7.98. The van der Waals surface area contributed by atoms with E-state index in [-0.39, 0.29) is 23.5 Å². The molecule has 0 radical (unpaired) electrons. The monoisotopic (exact) mass is 391 g/mol. The summed E-state index contributed by atoms with van der Waals surface area (Å²) in [5.74, 6) is 2.56. The third-order valence-electron chi connectivity index (χ3n) is 4.87. The van der Waals surface area contributed by atoms with Gasteiger partial charge in [0.1, 0.15) is 5.82 Å². The molecular weight excluding hydrogens is 370 g/mol. The first-order valence-electron chi connectivity index (χ1n) is 8.74. The van der Waals surface area contributed by atoms with Gasteiger partial charge in [0.05, 0.1) is 23.2 Å². The topological polar surface area (TPSA) is 81.1 Å². The Morgan fingerprint density at radius 1 is 1.27 bits per heavy atom. The Bertz CT molecular complexity index is 923. The Labute approximate surface area is 157 Å². The molecule has 1 unspecified atom stereocenters. The van der Waals surface area contributed by atoms with Gasteiger partial charge in [0.25, 0.3) is 0 Å². The number of benzene rings is 1. The van der Waals surface area contributed by atoms with Crippen LogP contribution in [0.2, 0.25) is 0 Å². The second-order valence-electron chi connectivity index (χ2n) is 6.80. The lowest BCUT2D eigenvalue weighted by Crippen LogP contribution is -2.20. The Morgan fingerprint density at radius 2 is 2.08 bits per heavy atom. The van der Waals surface area contributed by atoms with Gasteiger partial charge in [-0.15, -0.1) is 0 Å². The SMILES string of the molecule is O=C(CCc1ccccc1)Nc1c2c(nn1C1CCS(=O)(=O)C1)CSC2. The van der Waals surface area contributed by atoms with E-state index in [0.29, 0.717) is 25.1 Å². The van der Waals surface area contributed by atoms with Crippen molar-refractivity contribution in [3.63, 3.8) is 0 Å². The highest BCUT2D eigenvalue weighted by Crippen LogP contribution is 2.38. The first-order chi connectivity index (χ1) is 12.5. The summed E-state index contributed by atoms with van der Waals surface area (Å²) >= 11 is 1.77. The van der Waals surface area contributed by atoms with Crippen LogP contribution in [0.4, 0.5) is 5.82 Å². The molecule has 1 fully saturated rings.